The molecule has 0 aliphatic rings. The van der Waals surface area contributed by atoms with Crippen LogP contribution < -0.4 is 0 Å². The normalized spacial score (nSPS) is 19.6. The molecule has 4 atom stereocenters. The number of aliphatic hydroxyl groups excluding tert-OH is 2. The van der Waals surface area contributed by atoms with Crippen molar-refractivity contribution < 1.29 is 14.9 Å². The number of methoxy groups -OCH3 is 1. The maximum Gasteiger partial charge on any atom is 0.0649 e. The van der Waals surface area contributed by atoms with Gasteiger partial charge in [-0.25, -0.2) is 0 Å². The van der Waals surface area contributed by atoms with Crippen LogP contribution in [-0.4, -0.2) is 36.1 Å². The quantitative estimate of drug-likeness (QED) is 0.627. The van der Waals surface area contributed by atoms with Crippen molar-refractivity contribution in [3.05, 3.63) is 12.2 Å². The van der Waals surface area contributed by atoms with Crippen molar-refractivity contribution in [3.8, 4) is 0 Å². The molecule has 0 spiro atoms. The second-order valence-electron chi connectivity index (χ2n) is 4.42. The molecule has 0 aromatic heterocycles. The minimum Gasteiger partial charge on any atom is -0.396 e. The summed E-state index contributed by atoms with van der Waals surface area (Å²) in [5, 5.41) is 18.6. The zero-order chi connectivity index (χ0) is 12.6. The van der Waals surface area contributed by atoms with Gasteiger partial charge < -0.3 is 14.9 Å². The van der Waals surface area contributed by atoms with E-state index in [4.69, 9.17) is 9.84 Å². The molecule has 2 N–H and O–H groups in total. The molecule has 0 saturated carbocycles. The number of hydrogen-bond acceptors (Lipinski definition) is 3. The molecule has 0 bridgehead atoms. The Balaban J connectivity index is 4.33. The van der Waals surface area contributed by atoms with Gasteiger partial charge in [0.2, 0.25) is 0 Å². The fourth-order valence-corrected chi connectivity index (χ4v) is 2.06. The van der Waals surface area contributed by atoms with Crippen molar-refractivity contribution in [3.63, 3.8) is 0 Å². The van der Waals surface area contributed by atoms with Crippen molar-refractivity contribution >= 4 is 0 Å². The first-order valence-electron chi connectivity index (χ1n) is 6.01. The molecule has 0 fully saturated rings. The zero-order valence-corrected chi connectivity index (χ0v) is 10.9. The predicted octanol–water partition coefficient (Wildman–Crippen LogP) is 1.98. The Bertz CT molecular complexity index is 192. The molecule has 0 unspecified atom stereocenters. The first-order chi connectivity index (χ1) is 7.58. The van der Waals surface area contributed by atoms with E-state index in [1.165, 1.54) is 0 Å². The van der Waals surface area contributed by atoms with Crippen molar-refractivity contribution in [2.24, 2.45) is 11.8 Å². The third-order valence-corrected chi connectivity index (χ3v) is 3.13. The first kappa shape index (κ1) is 15.6. The van der Waals surface area contributed by atoms with Crippen LogP contribution in [0.1, 0.15) is 33.6 Å². The lowest BCUT2D eigenvalue weighted by Crippen LogP contribution is -2.36. The highest BCUT2D eigenvalue weighted by atomic mass is 16.5. The van der Waals surface area contributed by atoms with Gasteiger partial charge in [-0.3, -0.25) is 0 Å². The van der Waals surface area contributed by atoms with E-state index in [0.717, 1.165) is 6.42 Å². The molecule has 0 saturated heterocycles. The summed E-state index contributed by atoms with van der Waals surface area (Å²) in [6.45, 7) is 6.11. The summed E-state index contributed by atoms with van der Waals surface area (Å²) in [5.74, 6) is 0.405. The molecule has 16 heavy (non-hydrogen) atoms. The molecule has 3 heteroatoms. The molecule has 0 aromatic carbocycles. The fourth-order valence-electron chi connectivity index (χ4n) is 2.06. The smallest absolute Gasteiger partial charge is 0.0649 e. The van der Waals surface area contributed by atoms with Crippen LogP contribution in [0.25, 0.3) is 0 Å². The minimum absolute atomic E-state index is 0.0190. The van der Waals surface area contributed by atoms with Crippen LogP contribution in [0, 0.1) is 11.8 Å². The van der Waals surface area contributed by atoms with Crippen LogP contribution >= 0.6 is 0 Å². The number of aliphatic hydroxyl groups is 2. The Hall–Kier alpha value is -0.380. The Morgan fingerprint density at radius 2 is 1.94 bits per heavy atom. The highest BCUT2D eigenvalue weighted by molar-refractivity contribution is 4.85. The third-order valence-electron chi connectivity index (χ3n) is 3.13. The summed E-state index contributed by atoms with van der Waals surface area (Å²) in [6.07, 6.45) is 5.03. The van der Waals surface area contributed by atoms with Crippen molar-refractivity contribution in [1.29, 1.82) is 0 Å². The van der Waals surface area contributed by atoms with Gasteiger partial charge >= 0.3 is 0 Å². The van der Waals surface area contributed by atoms with E-state index in [2.05, 4.69) is 13.0 Å². The topological polar surface area (TPSA) is 49.7 Å². The molecular weight excluding hydrogens is 204 g/mol. The van der Waals surface area contributed by atoms with Crippen molar-refractivity contribution in [1.82, 2.24) is 0 Å². The molecule has 0 aliphatic heterocycles. The summed E-state index contributed by atoms with van der Waals surface area (Å²) in [5.41, 5.74) is 0. The summed E-state index contributed by atoms with van der Waals surface area (Å²) < 4.78 is 5.46. The Morgan fingerprint density at radius 1 is 1.31 bits per heavy atom. The summed E-state index contributed by atoms with van der Waals surface area (Å²) >= 11 is 0. The number of ether oxygens (including phenoxy) is 1. The van der Waals surface area contributed by atoms with E-state index in [1.807, 2.05) is 19.9 Å². The van der Waals surface area contributed by atoms with Gasteiger partial charge in [0.25, 0.3) is 0 Å². The molecule has 3 nitrogen and oxygen atoms in total. The second-order valence-corrected chi connectivity index (χ2v) is 4.42. The zero-order valence-electron chi connectivity index (χ0n) is 10.9. The van der Waals surface area contributed by atoms with Gasteiger partial charge in [-0.15, -0.1) is 0 Å². The van der Waals surface area contributed by atoms with Gasteiger partial charge in [-0.2, -0.15) is 0 Å². The SMILES string of the molecule is C/C=C/C[C@H](C)[C@@H](OC)[C@@H](C)[C@H](O)CCO. The van der Waals surface area contributed by atoms with Crippen LogP contribution in [0.2, 0.25) is 0 Å². The van der Waals surface area contributed by atoms with Crippen LogP contribution in [0.4, 0.5) is 0 Å². The van der Waals surface area contributed by atoms with Crippen LogP contribution in [0.15, 0.2) is 12.2 Å². The largest absolute Gasteiger partial charge is 0.396 e. The van der Waals surface area contributed by atoms with E-state index in [-0.39, 0.29) is 18.6 Å². The molecule has 0 amide bonds. The molecule has 96 valence electrons. The molecule has 0 aromatic rings. The second kappa shape index (κ2) is 8.74. The van der Waals surface area contributed by atoms with E-state index in [9.17, 15) is 5.11 Å². The van der Waals surface area contributed by atoms with Gasteiger partial charge in [0.05, 0.1) is 12.2 Å². The predicted molar refractivity (Wildman–Crippen MR) is 66.3 cm³/mol. The summed E-state index contributed by atoms with van der Waals surface area (Å²) in [7, 11) is 1.68. The Labute approximate surface area is 99.1 Å². The van der Waals surface area contributed by atoms with E-state index in [1.54, 1.807) is 7.11 Å². The van der Waals surface area contributed by atoms with Gasteiger partial charge in [-0.1, -0.05) is 26.0 Å². The van der Waals surface area contributed by atoms with E-state index < -0.39 is 6.10 Å². The van der Waals surface area contributed by atoms with Crippen molar-refractivity contribution in [2.45, 2.75) is 45.8 Å². The first-order valence-corrected chi connectivity index (χ1v) is 6.01. The van der Waals surface area contributed by atoms with Crippen LogP contribution in [0.5, 0.6) is 0 Å². The van der Waals surface area contributed by atoms with Crippen LogP contribution in [-0.2, 0) is 4.74 Å². The monoisotopic (exact) mass is 230 g/mol. The Morgan fingerprint density at radius 3 is 2.38 bits per heavy atom. The fraction of sp³-hybridized carbons (Fsp3) is 0.846. The van der Waals surface area contributed by atoms with Gasteiger partial charge in [-0.05, 0) is 25.7 Å². The average Bonchev–Trinajstić information content (AvgIpc) is 2.27. The van der Waals surface area contributed by atoms with Gasteiger partial charge in [0.1, 0.15) is 0 Å². The minimum atomic E-state index is -0.497. The lowest BCUT2D eigenvalue weighted by atomic mass is 9.86. The van der Waals surface area contributed by atoms with Crippen molar-refractivity contribution in [2.75, 3.05) is 13.7 Å². The standard InChI is InChI=1S/C13H26O3/c1-5-6-7-10(2)13(16-4)11(3)12(15)8-9-14/h5-6,10-15H,7-9H2,1-4H3/b6-5+/t10-,11-,12+,13+/m0/s1. The third kappa shape index (κ3) is 5.10. The summed E-state index contributed by atoms with van der Waals surface area (Å²) in [4.78, 5) is 0. The van der Waals surface area contributed by atoms with Gasteiger partial charge in [0.15, 0.2) is 0 Å². The molecule has 0 radical (unpaired) electrons. The lowest BCUT2D eigenvalue weighted by molar-refractivity contribution is -0.0391. The lowest BCUT2D eigenvalue weighted by Gasteiger charge is -2.30. The average molecular weight is 230 g/mol. The maximum atomic E-state index is 9.84. The number of rotatable bonds is 8. The highest BCUT2D eigenvalue weighted by Gasteiger charge is 2.27. The van der Waals surface area contributed by atoms with E-state index in [0.29, 0.717) is 12.3 Å². The molecular formula is C13H26O3. The highest BCUT2D eigenvalue weighted by Crippen LogP contribution is 2.23. The van der Waals surface area contributed by atoms with Crippen LogP contribution in [0.3, 0.4) is 0 Å². The summed E-state index contributed by atoms with van der Waals surface area (Å²) in [6, 6.07) is 0. The van der Waals surface area contributed by atoms with E-state index >= 15 is 0 Å². The van der Waals surface area contributed by atoms with Gasteiger partial charge in [0, 0.05) is 19.6 Å². The maximum absolute atomic E-state index is 9.84. The number of allylic oxidation sites excluding steroid dienone is 2. The Kier molecular flexibility index (Phi) is 8.53. The number of hydrogen-bond donors (Lipinski definition) is 2. The molecule has 0 aliphatic carbocycles. The molecule has 0 heterocycles. The molecule has 0 rings (SSSR count).